The first-order chi connectivity index (χ1) is 30.1. The lowest BCUT2D eigenvalue weighted by Crippen LogP contribution is -2.32. The van der Waals surface area contributed by atoms with Crippen LogP contribution < -0.4 is 4.74 Å². The molecule has 0 N–H and O–H groups in total. The van der Waals surface area contributed by atoms with Gasteiger partial charge in [0.25, 0.3) is 0 Å². The first-order valence-corrected chi connectivity index (χ1v) is 21.9. The molecule has 0 radical (unpaired) electrons. The topological polar surface area (TPSA) is 47.9 Å². The Kier molecular flexibility index (Phi) is 8.32. The Labute approximate surface area is 357 Å². The van der Waals surface area contributed by atoms with Gasteiger partial charge >= 0.3 is 0 Å². The lowest BCUT2D eigenvalue weighted by Gasteiger charge is -2.39. The highest BCUT2D eigenvalue weighted by Crippen LogP contribution is 2.62. The van der Waals surface area contributed by atoms with Gasteiger partial charge < -0.3 is 4.74 Å². The van der Waals surface area contributed by atoms with Crippen LogP contribution in [0.1, 0.15) is 73.3 Å². The van der Waals surface area contributed by atoms with E-state index in [1.165, 1.54) is 66.3 Å². The van der Waals surface area contributed by atoms with Crippen molar-refractivity contribution in [3.8, 4) is 67.9 Å². The first kappa shape index (κ1) is 36.0. The summed E-state index contributed by atoms with van der Waals surface area (Å²) in [7, 11) is 0. The Bertz CT molecular complexity index is 2990. The second-order valence-corrected chi connectivity index (χ2v) is 17.5. The summed E-state index contributed by atoms with van der Waals surface area (Å²) in [6.07, 6.45) is 9.98. The number of allylic oxidation sites excluding steroid dienone is 2. The molecule has 2 atom stereocenters. The maximum Gasteiger partial charge on any atom is 0.164 e. The number of aromatic nitrogens is 3. The van der Waals surface area contributed by atoms with Gasteiger partial charge in [-0.3, -0.25) is 0 Å². The molecule has 294 valence electrons. The average molecular weight is 788 g/mol. The highest BCUT2D eigenvalue weighted by atomic mass is 16.5. The largest absolute Gasteiger partial charge is 0.457 e. The molecule has 1 aromatic heterocycles. The molecule has 0 saturated heterocycles. The summed E-state index contributed by atoms with van der Waals surface area (Å²) < 4.78 is 6.77. The summed E-state index contributed by atoms with van der Waals surface area (Å²) in [4.78, 5) is 15.7. The molecule has 4 nitrogen and oxygen atoms in total. The van der Waals surface area contributed by atoms with Gasteiger partial charge in [-0.1, -0.05) is 177 Å². The molecule has 1 aliphatic heterocycles. The van der Waals surface area contributed by atoms with E-state index in [9.17, 15) is 0 Å². The molecule has 4 aliphatic rings. The van der Waals surface area contributed by atoms with E-state index in [4.69, 9.17) is 19.7 Å². The number of nitrogens with zero attached hydrogens (tertiary/aromatic N) is 3. The Balaban J connectivity index is 1.01. The summed E-state index contributed by atoms with van der Waals surface area (Å²) in [6.45, 7) is 2.33. The molecule has 0 amide bonds. The molecule has 1 unspecified atom stereocenters. The van der Waals surface area contributed by atoms with Gasteiger partial charge in [0.2, 0.25) is 0 Å². The van der Waals surface area contributed by atoms with E-state index in [1.807, 2.05) is 18.2 Å². The van der Waals surface area contributed by atoms with Crippen molar-refractivity contribution in [3.05, 3.63) is 209 Å². The number of rotatable bonds is 7. The van der Waals surface area contributed by atoms with E-state index in [0.29, 0.717) is 23.4 Å². The highest BCUT2D eigenvalue weighted by molar-refractivity contribution is 5.90. The molecule has 61 heavy (non-hydrogen) atoms. The standard InChI is InChI=1S/C57H45N3O/c1-2-32-56(35-37-24-25-38(33-37)36-56)42-29-26-40(27-30-42)54-58-53(39-14-4-3-5-15-39)59-55(60-54)46-19-7-6-16-43(46)41-28-31-52-50(34-41)57(49-22-12-13-23-51(49)61-52)47-20-10-8-17-44(47)45-18-9-11-21-48(45)57/h3-23,26-31,33-34,37H,2,24-25,32,35-36H2,1H3/t37-,56?/m1/s1. The number of hydrogen-bond acceptors (Lipinski definition) is 4. The molecule has 12 rings (SSSR count). The fourth-order valence-electron chi connectivity index (χ4n) is 11.5. The molecule has 7 aromatic carbocycles. The number of benzene rings is 7. The van der Waals surface area contributed by atoms with E-state index >= 15 is 0 Å². The van der Waals surface area contributed by atoms with Gasteiger partial charge in [-0.05, 0) is 101 Å². The smallest absolute Gasteiger partial charge is 0.164 e. The first-order valence-electron chi connectivity index (χ1n) is 21.9. The van der Waals surface area contributed by atoms with Gasteiger partial charge in [-0.25, -0.2) is 15.0 Å². The van der Waals surface area contributed by atoms with Crippen LogP contribution in [-0.2, 0) is 10.8 Å². The minimum Gasteiger partial charge on any atom is -0.457 e. The Morgan fingerprint density at radius 1 is 0.525 bits per heavy atom. The number of hydrogen-bond donors (Lipinski definition) is 0. The second kappa shape index (κ2) is 14.1. The Morgan fingerprint density at radius 3 is 1.80 bits per heavy atom. The van der Waals surface area contributed by atoms with Crippen molar-refractivity contribution in [1.82, 2.24) is 15.0 Å². The number of para-hydroxylation sites is 1. The minimum atomic E-state index is -0.556. The molecular formula is C57H45N3O. The maximum absolute atomic E-state index is 6.77. The quantitative estimate of drug-likeness (QED) is 0.151. The third-order valence-corrected chi connectivity index (χ3v) is 14.0. The molecule has 0 fully saturated rings. The molecule has 8 aromatic rings. The lowest BCUT2D eigenvalue weighted by atomic mass is 9.65. The van der Waals surface area contributed by atoms with Gasteiger partial charge in [0.15, 0.2) is 17.5 Å². The van der Waals surface area contributed by atoms with Crippen molar-refractivity contribution in [1.29, 1.82) is 0 Å². The second-order valence-electron chi connectivity index (χ2n) is 17.5. The normalized spacial score (nSPS) is 18.7. The van der Waals surface area contributed by atoms with Crippen LogP contribution in [0.4, 0.5) is 0 Å². The minimum absolute atomic E-state index is 0.208. The van der Waals surface area contributed by atoms with E-state index in [2.05, 4.69) is 165 Å². The number of fused-ring (bicyclic) bond motifs is 10. The van der Waals surface area contributed by atoms with Gasteiger partial charge in [0.05, 0.1) is 5.41 Å². The fraction of sp³-hybridized carbons (Fsp3) is 0.175. The van der Waals surface area contributed by atoms with Crippen LogP contribution >= 0.6 is 0 Å². The van der Waals surface area contributed by atoms with E-state index < -0.39 is 5.41 Å². The van der Waals surface area contributed by atoms with Crippen LogP contribution in [-0.4, -0.2) is 15.0 Å². The number of ether oxygens (including phenoxy) is 1. The zero-order chi connectivity index (χ0) is 40.5. The molecule has 2 heterocycles. The van der Waals surface area contributed by atoms with Crippen LogP contribution in [0.2, 0.25) is 0 Å². The maximum atomic E-state index is 6.77. The summed E-state index contributed by atoms with van der Waals surface area (Å²) in [5.74, 6) is 4.44. The summed E-state index contributed by atoms with van der Waals surface area (Å²) in [5, 5.41) is 0. The van der Waals surface area contributed by atoms with Crippen molar-refractivity contribution < 1.29 is 4.74 Å². The van der Waals surface area contributed by atoms with E-state index in [-0.39, 0.29) is 5.41 Å². The zero-order valence-electron chi connectivity index (χ0n) is 34.3. The van der Waals surface area contributed by atoms with Crippen LogP contribution in [0.25, 0.3) is 56.4 Å². The van der Waals surface area contributed by atoms with Gasteiger partial charge in [0.1, 0.15) is 11.5 Å². The third-order valence-electron chi connectivity index (χ3n) is 14.0. The van der Waals surface area contributed by atoms with Gasteiger partial charge in [0, 0.05) is 27.8 Å². The van der Waals surface area contributed by atoms with Crippen LogP contribution in [0, 0.1) is 5.92 Å². The van der Waals surface area contributed by atoms with Crippen LogP contribution in [0.15, 0.2) is 182 Å². The Morgan fingerprint density at radius 2 is 1.10 bits per heavy atom. The van der Waals surface area contributed by atoms with Crippen molar-refractivity contribution in [2.24, 2.45) is 5.92 Å². The zero-order valence-corrected chi connectivity index (χ0v) is 34.3. The van der Waals surface area contributed by atoms with Gasteiger partial charge in [-0.15, -0.1) is 0 Å². The average Bonchev–Trinajstić information content (AvgIpc) is 3.83. The molecule has 0 saturated carbocycles. The summed E-state index contributed by atoms with van der Waals surface area (Å²) in [6, 6.07) is 61.0. The molecule has 1 spiro atoms. The monoisotopic (exact) mass is 787 g/mol. The van der Waals surface area contributed by atoms with Crippen molar-refractivity contribution >= 4 is 0 Å². The fourth-order valence-corrected chi connectivity index (χ4v) is 11.5. The van der Waals surface area contributed by atoms with Gasteiger partial charge in [-0.2, -0.15) is 0 Å². The van der Waals surface area contributed by atoms with E-state index in [0.717, 1.165) is 50.4 Å². The van der Waals surface area contributed by atoms with Crippen molar-refractivity contribution in [2.45, 2.75) is 56.3 Å². The lowest BCUT2D eigenvalue weighted by molar-refractivity contribution is 0.314. The highest BCUT2D eigenvalue weighted by Gasteiger charge is 2.51. The SMILES string of the molecule is CCCC1(c2ccc(-c3nc(-c4ccccc4)nc(-c4ccccc4-c4ccc5c(c4)C4(c6ccccc6O5)c5ccccc5-c5ccccc54)n3)cc2)CC2=C[C@@H](CC2)C1. The third kappa shape index (κ3) is 5.62. The Hall–Kier alpha value is -6.91. The molecular weight excluding hydrogens is 743 g/mol. The van der Waals surface area contributed by atoms with Crippen molar-refractivity contribution in [3.63, 3.8) is 0 Å². The predicted molar refractivity (Wildman–Crippen MR) is 246 cm³/mol. The van der Waals surface area contributed by atoms with E-state index in [1.54, 1.807) is 5.57 Å². The summed E-state index contributed by atoms with van der Waals surface area (Å²) in [5.41, 5.74) is 15.1. The summed E-state index contributed by atoms with van der Waals surface area (Å²) >= 11 is 0. The van der Waals surface area contributed by atoms with Crippen LogP contribution in [0.5, 0.6) is 11.5 Å². The molecule has 4 heteroatoms. The molecule has 3 aliphatic carbocycles. The van der Waals surface area contributed by atoms with Crippen molar-refractivity contribution in [2.75, 3.05) is 0 Å². The van der Waals surface area contributed by atoms with Crippen LogP contribution in [0.3, 0.4) is 0 Å². The molecule has 2 bridgehead atoms. The predicted octanol–water partition coefficient (Wildman–Crippen LogP) is 14.2.